The minimum atomic E-state index is -0.182. The van der Waals surface area contributed by atoms with E-state index in [0.717, 1.165) is 32.1 Å². The fraction of sp³-hybridized carbons (Fsp3) is 0.923. The van der Waals surface area contributed by atoms with Gasteiger partial charge in [-0.2, -0.15) is 0 Å². The Bertz CT molecular complexity index is 218. The summed E-state index contributed by atoms with van der Waals surface area (Å²) in [5.41, 5.74) is 0. The summed E-state index contributed by atoms with van der Waals surface area (Å²) in [6.07, 6.45) is 6.62. The Hall–Kier alpha value is -0.410. The van der Waals surface area contributed by atoms with Crippen LogP contribution in [0.4, 0.5) is 0 Å². The largest absolute Gasteiger partial charge is 0.393 e. The van der Waals surface area contributed by atoms with E-state index in [9.17, 15) is 9.90 Å². The highest BCUT2D eigenvalue weighted by Crippen LogP contribution is 2.19. The van der Waals surface area contributed by atoms with E-state index in [4.69, 9.17) is 0 Å². The zero-order valence-corrected chi connectivity index (χ0v) is 10.5. The molecule has 3 heteroatoms. The smallest absolute Gasteiger partial charge is 0.131 e. The number of aliphatic hydroxyl groups excluding tert-OH is 1. The fourth-order valence-corrected chi connectivity index (χ4v) is 2.58. The van der Waals surface area contributed by atoms with Crippen molar-refractivity contribution in [1.29, 1.82) is 0 Å². The van der Waals surface area contributed by atoms with Crippen molar-refractivity contribution in [2.24, 2.45) is 0 Å². The van der Waals surface area contributed by atoms with Crippen molar-refractivity contribution in [2.75, 3.05) is 0 Å². The first-order valence-corrected chi connectivity index (χ1v) is 6.55. The molecule has 3 unspecified atom stereocenters. The first-order chi connectivity index (χ1) is 7.61. The van der Waals surface area contributed by atoms with E-state index in [2.05, 4.69) is 12.2 Å². The Kier molecular flexibility index (Phi) is 5.99. The zero-order valence-electron chi connectivity index (χ0n) is 10.5. The second-order valence-corrected chi connectivity index (χ2v) is 5.08. The quantitative estimate of drug-likeness (QED) is 0.730. The summed E-state index contributed by atoms with van der Waals surface area (Å²) < 4.78 is 0. The van der Waals surface area contributed by atoms with Gasteiger partial charge in [0.05, 0.1) is 6.10 Å². The maximum atomic E-state index is 11.1. The minimum Gasteiger partial charge on any atom is -0.393 e. The first kappa shape index (κ1) is 13.7. The summed E-state index contributed by atoms with van der Waals surface area (Å²) in [6.45, 7) is 3.74. The molecule has 1 aliphatic rings. The third kappa shape index (κ3) is 5.08. The average Bonchev–Trinajstić information content (AvgIpc) is 2.17. The molecular weight excluding hydrogens is 202 g/mol. The van der Waals surface area contributed by atoms with Crippen molar-refractivity contribution >= 4 is 5.78 Å². The lowest BCUT2D eigenvalue weighted by Crippen LogP contribution is -2.44. The molecule has 0 aliphatic carbocycles. The Morgan fingerprint density at radius 1 is 1.44 bits per heavy atom. The van der Waals surface area contributed by atoms with Crippen LogP contribution in [0, 0.1) is 0 Å². The monoisotopic (exact) mass is 227 g/mol. The van der Waals surface area contributed by atoms with Crippen LogP contribution in [0.3, 0.4) is 0 Å². The van der Waals surface area contributed by atoms with Gasteiger partial charge in [-0.3, -0.25) is 4.79 Å². The molecule has 0 saturated carbocycles. The van der Waals surface area contributed by atoms with Crippen LogP contribution in [0.15, 0.2) is 0 Å². The van der Waals surface area contributed by atoms with Gasteiger partial charge in [-0.25, -0.2) is 0 Å². The van der Waals surface area contributed by atoms with Gasteiger partial charge in [0.2, 0.25) is 0 Å². The molecule has 0 radical (unpaired) electrons. The van der Waals surface area contributed by atoms with Gasteiger partial charge in [0.1, 0.15) is 5.78 Å². The summed E-state index contributed by atoms with van der Waals surface area (Å²) >= 11 is 0. The second kappa shape index (κ2) is 7.02. The Morgan fingerprint density at radius 3 is 2.75 bits per heavy atom. The number of hydrogen-bond acceptors (Lipinski definition) is 3. The molecule has 94 valence electrons. The lowest BCUT2D eigenvalue weighted by atomic mass is 9.92. The van der Waals surface area contributed by atoms with Gasteiger partial charge >= 0.3 is 0 Å². The molecule has 3 atom stereocenters. The Labute approximate surface area is 98.6 Å². The topological polar surface area (TPSA) is 49.3 Å². The highest BCUT2D eigenvalue weighted by molar-refractivity contribution is 5.76. The maximum Gasteiger partial charge on any atom is 0.131 e. The Balaban J connectivity index is 2.29. The molecule has 0 aromatic heterocycles. The van der Waals surface area contributed by atoms with E-state index >= 15 is 0 Å². The number of carbonyl (C=O) groups excluding carboxylic acids is 1. The van der Waals surface area contributed by atoms with Crippen molar-refractivity contribution in [3.8, 4) is 0 Å². The number of carbonyl (C=O) groups is 1. The normalized spacial score (nSPS) is 27.7. The summed E-state index contributed by atoms with van der Waals surface area (Å²) in [7, 11) is 0. The van der Waals surface area contributed by atoms with Crippen LogP contribution in [0.25, 0.3) is 0 Å². The van der Waals surface area contributed by atoms with E-state index in [-0.39, 0.29) is 11.9 Å². The van der Waals surface area contributed by atoms with Gasteiger partial charge in [-0.1, -0.05) is 19.8 Å². The van der Waals surface area contributed by atoms with E-state index < -0.39 is 0 Å². The standard InChI is InChI=1S/C13H25NO2/c1-3-5-13(16)9-12-7-4-6-11(14-12)8-10(2)15/h11-14,16H,3-9H2,1-2H3. The number of rotatable bonds is 6. The molecule has 0 aromatic carbocycles. The highest BCUT2D eigenvalue weighted by atomic mass is 16.3. The molecule has 1 aliphatic heterocycles. The van der Waals surface area contributed by atoms with Gasteiger partial charge in [0.25, 0.3) is 0 Å². The van der Waals surface area contributed by atoms with Crippen molar-refractivity contribution in [3.05, 3.63) is 0 Å². The number of aliphatic hydroxyl groups is 1. The van der Waals surface area contributed by atoms with Gasteiger partial charge in [-0.15, -0.1) is 0 Å². The predicted octanol–water partition coefficient (Wildman–Crippen LogP) is 2.03. The van der Waals surface area contributed by atoms with Crippen LogP contribution in [0.2, 0.25) is 0 Å². The summed E-state index contributed by atoms with van der Waals surface area (Å²) in [6, 6.07) is 0.740. The molecule has 3 nitrogen and oxygen atoms in total. The summed E-state index contributed by atoms with van der Waals surface area (Å²) in [5.74, 6) is 0.257. The van der Waals surface area contributed by atoms with Crippen molar-refractivity contribution in [2.45, 2.75) is 77.0 Å². The lowest BCUT2D eigenvalue weighted by molar-refractivity contribution is -0.117. The maximum absolute atomic E-state index is 11.1. The predicted molar refractivity (Wildman–Crippen MR) is 65.4 cm³/mol. The van der Waals surface area contributed by atoms with Crippen LogP contribution in [0.1, 0.15) is 58.8 Å². The average molecular weight is 227 g/mol. The van der Waals surface area contributed by atoms with Crippen LogP contribution < -0.4 is 5.32 Å². The molecule has 1 rings (SSSR count). The molecule has 0 bridgehead atoms. The number of ketones is 1. The molecule has 16 heavy (non-hydrogen) atoms. The van der Waals surface area contributed by atoms with E-state index in [1.54, 1.807) is 6.92 Å². The Morgan fingerprint density at radius 2 is 2.12 bits per heavy atom. The van der Waals surface area contributed by atoms with Crippen LogP contribution in [-0.4, -0.2) is 29.1 Å². The van der Waals surface area contributed by atoms with Crippen molar-refractivity contribution in [3.63, 3.8) is 0 Å². The number of hydrogen-bond donors (Lipinski definition) is 2. The molecule has 0 amide bonds. The second-order valence-electron chi connectivity index (χ2n) is 5.08. The third-order valence-electron chi connectivity index (χ3n) is 3.29. The molecule has 1 saturated heterocycles. The SMILES string of the molecule is CCCC(O)CC1CCCC(CC(C)=O)N1. The van der Waals surface area contributed by atoms with Crippen LogP contribution >= 0.6 is 0 Å². The van der Waals surface area contributed by atoms with Gasteiger partial charge in [-0.05, 0) is 32.6 Å². The van der Waals surface area contributed by atoms with E-state index in [0.29, 0.717) is 18.5 Å². The molecule has 1 fully saturated rings. The fourth-order valence-electron chi connectivity index (χ4n) is 2.58. The summed E-state index contributed by atoms with van der Waals surface area (Å²) in [5, 5.41) is 13.3. The van der Waals surface area contributed by atoms with Gasteiger partial charge in [0.15, 0.2) is 0 Å². The molecular formula is C13H25NO2. The van der Waals surface area contributed by atoms with Crippen LogP contribution in [-0.2, 0) is 4.79 Å². The van der Waals surface area contributed by atoms with Crippen LogP contribution in [0.5, 0.6) is 0 Å². The van der Waals surface area contributed by atoms with Gasteiger partial charge in [0, 0.05) is 18.5 Å². The summed E-state index contributed by atoms with van der Waals surface area (Å²) in [4.78, 5) is 11.1. The van der Waals surface area contributed by atoms with E-state index in [1.807, 2.05) is 0 Å². The number of Topliss-reactive ketones (excluding diaryl/α,β-unsaturated/α-hetero) is 1. The van der Waals surface area contributed by atoms with E-state index in [1.165, 1.54) is 6.42 Å². The van der Waals surface area contributed by atoms with Gasteiger partial charge < -0.3 is 10.4 Å². The van der Waals surface area contributed by atoms with Crippen molar-refractivity contribution < 1.29 is 9.90 Å². The lowest BCUT2D eigenvalue weighted by Gasteiger charge is -2.31. The number of piperidine rings is 1. The first-order valence-electron chi connectivity index (χ1n) is 6.55. The third-order valence-corrected chi connectivity index (χ3v) is 3.29. The number of nitrogens with one attached hydrogen (secondary N) is 1. The van der Waals surface area contributed by atoms with Crippen molar-refractivity contribution in [1.82, 2.24) is 5.32 Å². The molecule has 1 heterocycles. The highest BCUT2D eigenvalue weighted by Gasteiger charge is 2.23. The zero-order chi connectivity index (χ0) is 12.0. The molecule has 0 spiro atoms. The minimum absolute atomic E-state index is 0.182. The molecule has 2 N–H and O–H groups in total. The molecule has 0 aromatic rings.